The highest BCUT2D eigenvalue weighted by molar-refractivity contribution is 5.94. The number of rotatable bonds is 6. The quantitative estimate of drug-likeness (QED) is 0.623. The van der Waals surface area contributed by atoms with E-state index in [1.54, 1.807) is 0 Å². The summed E-state index contributed by atoms with van der Waals surface area (Å²) in [5, 5.41) is 0. The van der Waals surface area contributed by atoms with E-state index in [4.69, 9.17) is 0 Å². The molecule has 0 bridgehead atoms. The zero-order chi connectivity index (χ0) is 18.5. The number of carbonyl (C=O) groups excluding carboxylic acids is 1. The molecule has 3 aromatic rings. The van der Waals surface area contributed by atoms with Gasteiger partial charge in [-0.15, -0.1) is 0 Å². The second-order valence-electron chi connectivity index (χ2n) is 7.01. The SMILES string of the molecule is Cc1ccc(C(=O)N(Cc2cccn2Cc2ccccc2)C(C)C)cc1. The molecule has 0 fully saturated rings. The van der Waals surface area contributed by atoms with Crippen molar-refractivity contribution in [2.24, 2.45) is 0 Å². The number of aromatic nitrogens is 1. The van der Waals surface area contributed by atoms with Gasteiger partial charge in [-0.1, -0.05) is 48.0 Å². The molecule has 0 saturated heterocycles. The molecule has 26 heavy (non-hydrogen) atoms. The van der Waals surface area contributed by atoms with Crippen LogP contribution in [0, 0.1) is 6.92 Å². The Morgan fingerprint density at radius 2 is 1.65 bits per heavy atom. The third-order valence-corrected chi connectivity index (χ3v) is 4.63. The van der Waals surface area contributed by atoms with Crippen LogP contribution in [0.2, 0.25) is 0 Å². The molecule has 0 aliphatic heterocycles. The van der Waals surface area contributed by atoms with Gasteiger partial charge in [0.05, 0.1) is 6.54 Å². The van der Waals surface area contributed by atoms with E-state index >= 15 is 0 Å². The third kappa shape index (κ3) is 4.23. The first-order valence-corrected chi connectivity index (χ1v) is 9.10. The molecule has 2 aromatic carbocycles. The maximum Gasteiger partial charge on any atom is 0.254 e. The van der Waals surface area contributed by atoms with E-state index in [1.165, 1.54) is 5.56 Å². The van der Waals surface area contributed by atoms with E-state index in [9.17, 15) is 4.79 Å². The van der Waals surface area contributed by atoms with Crippen LogP contribution in [-0.2, 0) is 13.1 Å². The van der Waals surface area contributed by atoms with Crippen molar-refractivity contribution in [3.63, 3.8) is 0 Å². The second-order valence-corrected chi connectivity index (χ2v) is 7.01. The number of carbonyl (C=O) groups is 1. The van der Waals surface area contributed by atoms with Gasteiger partial charge in [0.15, 0.2) is 0 Å². The minimum absolute atomic E-state index is 0.0764. The van der Waals surface area contributed by atoms with Gasteiger partial charge in [-0.2, -0.15) is 0 Å². The molecule has 1 heterocycles. The second kappa shape index (κ2) is 8.05. The Hall–Kier alpha value is -2.81. The topological polar surface area (TPSA) is 25.2 Å². The Morgan fingerprint density at radius 1 is 0.962 bits per heavy atom. The van der Waals surface area contributed by atoms with Gasteiger partial charge in [-0.25, -0.2) is 0 Å². The molecule has 0 aliphatic rings. The zero-order valence-corrected chi connectivity index (χ0v) is 15.7. The number of amides is 1. The van der Waals surface area contributed by atoms with Crippen molar-refractivity contribution in [3.05, 3.63) is 95.3 Å². The first-order chi connectivity index (χ1) is 12.5. The van der Waals surface area contributed by atoms with E-state index in [1.807, 2.05) is 48.2 Å². The van der Waals surface area contributed by atoms with Crippen LogP contribution in [0.25, 0.3) is 0 Å². The van der Waals surface area contributed by atoms with Crippen molar-refractivity contribution in [3.8, 4) is 0 Å². The first kappa shape index (κ1) is 18.0. The first-order valence-electron chi connectivity index (χ1n) is 9.10. The van der Waals surface area contributed by atoms with Gasteiger partial charge in [0, 0.05) is 30.0 Å². The van der Waals surface area contributed by atoms with Gasteiger partial charge < -0.3 is 9.47 Å². The van der Waals surface area contributed by atoms with Crippen LogP contribution in [0.4, 0.5) is 0 Å². The monoisotopic (exact) mass is 346 g/mol. The molecule has 1 amide bonds. The number of hydrogen-bond donors (Lipinski definition) is 0. The van der Waals surface area contributed by atoms with Gasteiger partial charge in [-0.05, 0) is 50.6 Å². The Balaban J connectivity index is 1.80. The summed E-state index contributed by atoms with van der Waals surface area (Å²) in [7, 11) is 0. The summed E-state index contributed by atoms with van der Waals surface area (Å²) < 4.78 is 2.22. The Kier molecular flexibility index (Phi) is 5.57. The summed E-state index contributed by atoms with van der Waals surface area (Å²) >= 11 is 0. The largest absolute Gasteiger partial charge is 0.345 e. The summed E-state index contributed by atoms with van der Waals surface area (Å²) in [4.78, 5) is 14.9. The molecule has 0 N–H and O–H groups in total. The van der Waals surface area contributed by atoms with E-state index < -0.39 is 0 Å². The molecule has 1 aromatic heterocycles. The fraction of sp³-hybridized carbons (Fsp3) is 0.261. The van der Waals surface area contributed by atoms with Crippen LogP contribution >= 0.6 is 0 Å². The van der Waals surface area contributed by atoms with Gasteiger partial charge in [0.2, 0.25) is 0 Å². The van der Waals surface area contributed by atoms with Crippen LogP contribution in [-0.4, -0.2) is 21.4 Å². The van der Waals surface area contributed by atoms with E-state index in [-0.39, 0.29) is 11.9 Å². The van der Waals surface area contributed by atoms with E-state index in [0.717, 1.165) is 23.4 Å². The highest BCUT2D eigenvalue weighted by Gasteiger charge is 2.20. The molecule has 3 nitrogen and oxygen atoms in total. The molecular weight excluding hydrogens is 320 g/mol. The molecule has 0 saturated carbocycles. The number of nitrogens with zero attached hydrogens (tertiary/aromatic N) is 2. The summed E-state index contributed by atoms with van der Waals surface area (Å²) in [5.41, 5.74) is 4.30. The lowest BCUT2D eigenvalue weighted by atomic mass is 10.1. The summed E-state index contributed by atoms with van der Waals surface area (Å²) in [6, 6.07) is 22.5. The van der Waals surface area contributed by atoms with Crippen LogP contribution in [0.15, 0.2) is 72.9 Å². The molecule has 134 valence electrons. The average molecular weight is 346 g/mol. The lowest BCUT2D eigenvalue weighted by Crippen LogP contribution is -2.37. The van der Waals surface area contributed by atoms with Crippen LogP contribution in [0.3, 0.4) is 0 Å². The molecule has 0 aliphatic carbocycles. The van der Waals surface area contributed by atoms with Crippen LogP contribution in [0.5, 0.6) is 0 Å². The lowest BCUT2D eigenvalue weighted by Gasteiger charge is -2.27. The van der Waals surface area contributed by atoms with Gasteiger partial charge in [0.1, 0.15) is 0 Å². The molecule has 0 radical (unpaired) electrons. The predicted octanol–water partition coefficient (Wildman–Crippen LogP) is 4.90. The molecular formula is C23H26N2O. The van der Waals surface area contributed by atoms with Gasteiger partial charge in [-0.3, -0.25) is 4.79 Å². The third-order valence-electron chi connectivity index (χ3n) is 4.63. The summed E-state index contributed by atoms with van der Waals surface area (Å²) in [6.07, 6.45) is 2.08. The highest BCUT2D eigenvalue weighted by Crippen LogP contribution is 2.16. The molecule has 0 spiro atoms. The van der Waals surface area contributed by atoms with Gasteiger partial charge in [0.25, 0.3) is 5.91 Å². The van der Waals surface area contributed by atoms with E-state index in [2.05, 4.69) is 54.9 Å². The number of benzene rings is 2. The van der Waals surface area contributed by atoms with E-state index in [0.29, 0.717) is 6.54 Å². The Labute approximate surface area is 155 Å². The fourth-order valence-electron chi connectivity index (χ4n) is 3.05. The van der Waals surface area contributed by atoms with Crippen LogP contribution in [0.1, 0.15) is 41.0 Å². The smallest absolute Gasteiger partial charge is 0.254 e. The fourth-order valence-corrected chi connectivity index (χ4v) is 3.05. The van der Waals surface area contributed by atoms with Crippen molar-refractivity contribution in [1.29, 1.82) is 0 Å². The van der Waals surface area contributed by atoms with Crippen LogP contribution < -0.4 is 0 Å². The number of aryl methyl sites for hydroxylation is 1. The summed E-state index contributed by atoms with van der Waals surface area (Å²) in [6.45, 7) is 7.58. The highest BCUT2D eigenvalue weighted by atomic mass is 16.2. The van der Waals surface area contributed by atoms with Crippen molar-refractivity contribution in [2.45, 2.75) is 39.9 Å². The normalized spacial score (nSPS) is 10.9. The zero-order valence-electron chi connectivity index (χ0n) is 15.7. The maximum absolute atomic E-state index is 13.0. The summed E-state index contributed by atoms with van der Waals surface area (Å²) in [5.74, 6) is 0.0764. The molecule has 0 atom stereocenters. The number of hydrogen-bond acceptors (Lipinski definition) is 1. The minimum Gasteiger partial charge on any atom is -0.345 e. The predicted molar refractivity (Wildman–Crippen MR) is 106 cm³/mol. The minimum atomic E-state index is 0.0764. The molecule has 3 heteroatoms. The molecule has 3 rings (SSSR count). The average Bonchev–Trinajstić information content (AvgIpc) is 3.07. The van der Waals surface area contributed by atoms with Crippen molar-refractivity contribution < 1.29 is 4.79 Å². The van der Waals surface area contributed by atoms with Crippen molar-refractivity contribution in [1.82, 2.24) is 9.47 Å². The van der Waals surface area contributed by atoms with Crippen molar-refractivity contribution >= 4 is 5.91 Å². The lowest BCUT2D eigenvalue weighted by molar-refractivity contribution is 0.0686. The standard InChI is InChI=1S/C23H26N2O/c1-18(2)25(23(26)21-13-11-19(3)12-14-21)17-22-10-7-15-24(22)16-20-8-5-4-6-9-20/h4-15,18H,16-17H2,1-3H3. The Bertz CT molecular complexity index is 847. The van der Waals surface area contributed by atoms with Gasteiger partial charge >= 0.3 is 0 Å². The van der Waals surface area contributed by atoms with Crippen molar-refractivity contribution in [2.75, 3.05) is 0 Å². The molecule has 0 unspecified atom stereocenters. The Morgan fingerprint density at radius 3 is 2.31 bits per heavy atom. The maximum atomic E-state index is 13.0.